The Morgan fingerprint density at radius 1 is 1.33 bits per heavy atom. The van der Waals surface area contributed by atoms with E-state index in [1.165, 1.54) is 25.7 Å². The van der Waals surface area contributed by atoms with Gasteiger partial charge in [-0.15, -0.1) is 0 Å². The van der Waals surface area contributed by atoms with Gasteiger partial charge in [-0.3, -0.25) is 9.59 Å². The van der Waals surface area contributed by atoms with Crippen LogP contribution in [0, 0.1) is 23.7 Å². The summed E-state index contributed by atoms with van der Waals surface area (Å²) in [6, 6.07) is 0.0790. The smallest absolute Gasteiger partial charge is 0.223 e. The molecule has 2 N–H and O–H groups in total. The van der Waals surface area contributed by atoms with Gasteiger partial charge in [0.25, 0.3) is 0 Å². The van der Waals surface area contributed by atoms with Gasteiger partial charge < -0.3 is 10.6 Å². The maximum atomic E-state index is 12.4. The molecular formula is C17H30N2O2. The Hall–Kier alpha value is -1.06. The molecule has 1 saturated carbocycles. The molecule has 5 unspecified atom stereocenters. The Balaban J connectivity index is 1.81. The molecule has 1 aliphatic carbocycles. The molecule has 21 heavy (non-hydrogen) atoms. The van der Waals surface area contributed by atoms with Gasteiger partial charge in [0.1, 0.15) is 0 Å². The van der Waals surface area contributed by atoms with Gasteiger partial charge in [-0.1, -0.05) is 33.1 Å². The summed E-state index contributed by atoms with van der Waals surface area (Å²) in [5.74, 6) is 1.73. The number of nitrogens with one attached hydrogen (secondary N) is 2. The third-order valence-electron chi connectivity index (χ3n) is 5.49. The Bertz CT molecular complexity index is 383. The first-order valence-corrected chi connectivity index (χ1v) is 8.61. The van der Waals surface area contributed by atoms with Gasteiger partial charge in [0.2, 0.25) is 11.8 Å². The number of carbonyl (C=O) groups excluding carboxylic acids is 2. The van der Waals surface area contributed by atoms with Crippen molar-refractivity contribution in [3.05, 3.63) is 0 Å². The summed E-state index contributed by atoms with van der Waals surface area (Å²) < 4.78 is 0. The minimum atomic E-state index is 0.0745. The second-order valence-electron chi connectivity index (χ2n) is 6.97. The van der Waals surface area contributed by atoms with Crippen LogP contribution in [0.3, 0.4) is 0 Å². The summed E-state index contributed by atoms with van der Waals surface area (Å²) in [5, 5.41) is 5.99. The fourth-order valence-electron chi connectivity index (χ4n) is 4.15. The molecule has 1 saturated heterocycles. The maximum absolute atomic E-state index is 12.4. The van der Waals surface area contributed by atoms with Gasteiger partial charge >= 0.3 is 0 Å². The average Bonchev–Trinajstić information content (AvgIpc) is 3.07. The van der Waals surface area contributed by atoms with E-state index in [0.29, 0.717) is 11.8 Å². The Labute approximate surface area is 128 Å². The first-order chi connectivity index (χ1) is 10.0. The standard InChI is InChI=1S/C17H30N2O2/c1-4-13-6-5-7-15(13)12(3)16(20)19-11(2)10-14-8-9-18-17(14)21/h11-15H,4-10H2,1-3H3,(H,18,21)(H,19,20). The van der Waals surface area contributed by atoms with Crippen molar-refractivity contribution in [3.63, 3.8) is 0 Å². The molecule has 120 valence electrons. The van der Waals surface area contributed by atoms with E-state index < -0.39 is 0 Å². The van der Waals surface area contributed by atoms with Gasteiger partial charge in [0.05, 0.1) is 0 Å². The fraction of sp³-hybridized carbons (Fsp3) is 0.882. The molecule has 4 heteroatoms. The normalized spacial score (nSPS) is 31.8. The average molecular weight is 294 g/mol. The van der Waals surface area contributed by atoms with E-state index in [0.717, 1.165) is 19.4 Å². The van der Waals surface area contributed by atoms with Crippen molar-refractivity contribution in [2.75, 3.05) is 6.54 Å². The van der Waals surface area contributed by atoms with Crippen LogP contribution in [0.15, 0.2) is 0 Å². The topological polar surface area (TPSA) is 58.2 Å². The van der Waals surface area contributed by atoms with E-state index in [-0.39, 0.29) is 29.7 Å². The number of amides is 2. The van der Waals surface area contributed by atoms with Crippen LogP contribution < -0.4 is 10.6 Å². The number of rotatable bonds is 6. The van der Waals surface area contributed by atoms with Gasteiger partial charge in [-0.2, -0.15) is 0 Å². The predicted molar refractivity (Wildman–Crippen MR) is 83.6 cm³/mol. The zero-order chi connectivity index (χ0) is 15.4. The van der Waals surface area contributed by atoms with Gasteiger partial charge in [-0.05, 0) is 38.0 Å². The lowest BCUT2D eigenvalue weighted by Gasteiger charge is -2.26. The summed E-state index contributed by atoms with van der Waals surface area (Å²) in [7, 11) is 0. The third kappa shape index (κ3) is 3.98. The number of hydrogen-bond acceptors (Lipinski definition) is 2. The van der Waals surface area contributed by atoms with Crippen molar-refractivity contribution in [2.45, 2.75) is 65.3 Å². The second-order valence-corrected chi connectivity index (χ2v) is 6.97. The molecule has 0 aromatic rings. The molecule has 1 aliphatic heterocycles. The highest BCUT2D eigenvalue weighted by Crippen LogP contribution is 2.38. The quantitative estimate of drug-likeness (QED) is 0.790. The van der Waals surface area contributed by atoms with Crippen LogP contribution in [0.5, 0.6) is 0 Å². The van der Waals surface area contributed by atoms with Gasteiger partial charge in [0.15, 0.2) is 0 Å². The molecular weight excluding hydrogens is 264 g/mol. The molecule has 2 aliphatic rings. The van der Waals surface area contributed by atoms with Crippen LogP contribution in [0.4, 0.5) is 0 Å². The van der Waals surface area contributed by atoms with Crippen LogP contribution in [0.25, 0.3) is 0 Å². The summed E-state index contributed by atoms with van der Waals surface area (Å²) in [6.45, 7) is 7.10. The van der Waals surface area contributed by atoms with Crippen molar-refractivity contribution >= 4 is 11.8 Å². The molecule has 0 radical (unpaired) electrons. The lowest BCUT2D eigenvalue weighted by atomic mass is 9.83. The summed E-state index contributed by atoms with van der Waals surface area (Å²) in [6.07, 6.45) is 6.56. The first kappa shape index (κ1) is 16.3. The van der Waals surface area contributed by atoms with E-state index in [4.69, 9.17) is 0 Å². The zero-order valence-corrected chi connectivity index (χ0v) is 13.7. The van der Waals surface area contributed by atoms with Crippen molar-refractivity contribution in [2.24, 2.45) is 23.7 Å². The minimum absolute atomic E-state index is 0.0745. The van der Waals surface area contributed by atoms with Crippen molar-refractivity contribution < 1.29 is 9.59 Å². The van der Waals surface area contributed by atoms with Crippen molar-refractivity contribution in [1.29, 1.82) is 0 Å². The van der Waals surface area contributed by atoms with Crippen LogP contribution >= 0.6 is 0 Å². The zero-order valence-electron chi connectivity index (χ0n) is 13.7. The molecule has 4 nitrogen and oxygen atoms in total. The van der Waals surface area contributed by atoms with E-state index in [9.17, 15) is 9.59 Å². The van der Waals surface area contributed by atoms with Crippen LogP contribution in [-0.2, 0) is 9.59 Å². The highest BCUT2D eigenvalue weighted by molar-refractivity contribution is 5.81. The van der Waals surface area contributed by atoms with E-state index in [1.54, 1.807) is 0 Å². The van der Waals surface area contributed by atoms with Crippen molar-refractivity contribution in [1.82, 2.24) is 10.6 Å². The monoisotopic (exact) mass is 294 g/mol. The van der Waals surface area contributed by atoms with Crippen LogP contribution in [0.2, 0.25) is 0 Å². The fourth-order valence-corrected chi connectivity index (χ4v) is 4.15. The van der Waals surface area contributed by atoms with E-state index in [2.05, 4.69) is 24.5 Å². The largest absolute Gasteiger partial charge is 0.356 e. The maximum Gasteiger partial charge on any atom is 0.223 e. The minimum Gasteiger partial charge on any atom is -0.356 e. The Morgan fingerprint density at radius 2 is 2.10 bits per heavy atom. The molecule has 0 aromatic carbocycles. The summed E-state index contributed by atoms with van der Waals surface area (Å²) >= 11 is 0. The number of hydrogen-bond donors (Lipinski definition) is 2. The molecule has 2 rings (SSSR count). The van der Waals surface area contributed by atoms with Crippen molar-refractivity contribution in [3.8, 4) is 0 Å². The first-order valence-electron chi connectivity index (χ1n) is 8.61. The summed E-state index contributed by atoms with van der Waals surface area (Å²) in [5.41, 5.74) is 0. The molecule has 1 heterocycles. The highest BCUT2D eigenvalue weighted by Gasteiger charge is 2.34. The molecule has 0 bridgehead atoms. The van der Waals surface area contributed by atoms with Crippen LogP contribution in [-0.4, -0.2) is 24.4 Å². The Kier molecular flexibility index (Phi) is 5.65. The highest BCUT2D eigenvalue weighted by atomic mass is 16.2. The van der Waals surface area contributed by atoms with E-state index >= 15 is 0 Å². The molecule has 2 fully saturated rings. The SMILES string of the molecule is CCC1CCCC1C(C)C(=O)NC(C)CC1CCNC1=O. The molecule has 0 spiro atoms. The molecule has 0 aromatic heterocycles. The Morgan fingerprint density at radius 3 is 2.71 bits per heavy atom. The lowest BCUT2D eigenvalue weighted by molar-refractivity contribution is -0.128. The lowest BCUT2D eigenvalue weighted by Crippen LogP contribution is -2.41. The van der Waals surface area contributed by atoms with Gasteiger partial charge in [0, 0.05) is 24.4 Å². The second kappa shape index (κ2) is 7.28. The molecule has 5 atom stereocenters. The van der Waals surface area contributed by atoms with E-state index in [1.807, 2.05) is 6.92 Å². The van der Waals surface area contributed by atoms with Gasteiger partial charge in [-0.25, -0.2) is 0 Å². The van der Waals surface area contributed by atoms with Crippen LogP contribution in [0.1, 0.15) is 59.3 Å². The molecule has 2 amide bonds. The number of carbonyl (C=O) groups is 2. The third-order valence-corrected chi connectivity index (χ3v) is 5.49. The summed E-state index contributed by atoms with van der Waals surface area (Å²) in [4.78, 5) is 24.0. The predicted octanol–water partition coefficient (Wildman–Crippen LogP) is 2.48.